The molecule has 0 radical (unpaired) electrons. The Balaban J connectivity index is 2.28. The number of anilines is 2. The predicted octanol–water partition coefficient (Wildman–Crippen LogP) is 3.71. The molecule has 2 rings (SSSR count). The van der Waals surface area contributed by atoms with Gasteiger partial charge in [-0.05, 0) is 49.4 Å². The van der Waals surface area contributed by atoms with Gasteiger partial charge in [0, 0.05) is 10.7 Å². The maximum atomic E-state index is 12.8. The normalized spacial score (nSPS) is 12.0. The number of benzene rings is 2. The summed E-state index contributed by atoms with van der Waals surface area (Å²) in [6.45, 7) is 5.43. The van der Waals surface area contributed by atoms with Gasteiger partial charge < -0.3 is 14.8 Å². The Morgan fingerprint density at radius 1 is 1.28 bits per heavy atom. The molecular weight excluding hydrogens is 416 g/mol. The Kier molecular flexibility index (Phi) is 7.53. The average molecular weight is 439 g/mol. The molecule has 2 aromatic carbocycles. The third kappa shape index (κ3) is 5.88. The van der Waals surface area contributed by atoms with E-state index in [9.17, 15) is 13.2 Å². The van der Waals surface area contributed by atoms with E-state index < -0.39 is 22.0 Å². The van der Waals surface area contributed by atoms with Crippen LogP contribution in [0.3, 0.4) is 0 Å². The van der Waals surface area contributed by atoms with Crippen LogP contribution in [0.1, 0.15) is 6.92 Å². The summed E-state index contributed by atoms with van der Waals surface area (Å²) in [4.78, 5) is 12.8. The van der Waals surface area contributed by atoms with Crippen molar-refractivity contribution in [2.24, 2.45) is 0 Å². The zero-order valence-corrected chi connectivity index (χ0v) is 18.0. The molecular formula is C20H23ClN2O5S. The molecule has 0 aliphatic rings. The van der Waals surface area contributed by atoms with Crippen LogP contribution in [-0.4, -0.2) is 40.3 Å². The number of halogens is 1. The first kappa shape index (κ1) is 22.6. The number of hydrogen-bond acceptors (Lipinski definition) is 5. The number of rotatable bonds is 9. The summed E-state index contributed by atoms with van der Waals surface area (Å²) < 4.78 is 36.6. The Bertz CT molecular complexity index is 977. The van der Waals surface area contributed by atoms with Gasteiger partial charge in [-0.1, -0.05) is 24.3 Å². The highest BCUT2D eigenvalue weighted by Crippen LogP contribution is 2.34. The molecule has 156 valence electrons. The van der Waals surface area contributed by atoms with Crippen LogP contribution in [0.5, 0.6) is 11.5 Å². The van der Waals surface area contributed by atoms with E-state index in [1.165, 1.54) is 20.1 Å². The molecule has 0 fully saturated rings. The second-order valence-corrected chi connectivity index (χ2v) is 8.46. The maximum absolute atomic E-state index is 12.8. The summed E-state index contributed by atoms with van der Waals surface area (Å²) in [5, 5.41) is 3.02. The van der Waals surface area contributed by atoms with Crippen molar-refractivity contribution < 1.29 is 22.7 Å². The lowest BCUT2D eigenvalue weighted by Crippen LogP contribution is -2.45. The van der Waals surface area contributed by atoms with E-state index in [-0.39, 0.29) is 11.4 Å². The van der Waals surface area contributed by atoms with Crippen molar-refractivity contribution in [3.8, 4) is 11.5 Å². The fourth-order valence-corrected chi connectivity index (χ4v) is 3.99. The minimum Gasteiger partial charge on any atom is -0.495 e. The molecule has 1 unspecified atom stereocenters. The van der Waals surface area contributed by atoms with Gasteiger partial charge in [-0.15, -0.1) is 0 Å². The fraction of sp³-hybridized carbons (Fsp3) is 0.250. The Morgan fingerprint density at radius 3 is 2.48 bits per heavy atom. The lowest BCUT2D eigenvalue weighted by atomic mass is 10.2. The van der Waals surface area contributed by atoms with E-state index in [1.807, 2.05) is 0 Å². The third-order valence-corrected chi connectivity index (χ3v) is 5.42. The van der Waals surface area contributed by atoms with Crippen molar-refractivity contribution in [1.29, 1.82) is 0 Å². The molecule has 0 aliphatic carbocycles. The first-order valence-corrected chi connectivity index (χ1v) is 10.9. The van der Waals surface area contributed by atoms with Crippen molar-refractivity contribution in [2.75, 3.05) is 29.6 Å². The molecule has 0 spiro atoms. The number of carbonyl (C=O) groups excluding carboxylic acids is 1. The van der Waals surface area contributed by atoms with Gasteiger partial charge in [0.1, 0.15) is 24.1 Å². The van der Waals surface area contributed by atoms with Crippen molar-refractivity contribution >= 4 is 38.9 Å². The molecule has 0 bridgehead atoms. The monoisotopic (exact) mass is 438 g/mol. The standard InChI is InChI=1S/C20H23ClN2O5S/c1-5-12-28-17-9-7-16(8-10-17)22-20(24)14(2)23(29(4,25)26)18-13-15(21)6-11-19(18)27-3/h5-11,13-14H,1,12H2,2-4H3,(H,22,24). The first-order valence-electron chi connectivity index (χ1n) is 8.65. The van der Waals surface area contributed by atoms with Gasteiger partial charge in [0.25, 0.3) is 0 Å². The molecule has 0 aromatic heterocycles. The minimum absolute atomic E-state index is 0.179. The number of nitrogens with one attached hydrogen (secondary N) is 1. The highest BCUT2D eigenvalue weighted by Gasteiger charge is 2.31. The molecule has 1 amide bonds. The summed E-state index contributed by atoms with van der Waals surface area (Å²) >= 11 is 6.04. The van der Waals surface area contributed by atoms with Crippen molar-refractivity contribution in [3.05, 3.63) is 60.1 Å². The maximum Gasteiger partial charge on any atom is 0.247 e. The zero-order valence-electron chi connectivity index (χ0n) is 16.4. The number of sulfonamides is 1. The molecule has 0 saturated carbocycles. The number of methoxy groups -OCH3 is 1. The molecule has 0 heterocycles. The van der Waals surface area contributed by atoms with E-state index in [4.69, 9.17) is 21.1 Å². The summed E-state index contributed by atoms with van der Waals surface area (Å²) in [6.07, 6.45) is 2.64. The topological polar surface area (TPSA) is 84.9 Å². The van der Waals surface area contributed by atoms with Crippen LogP contribution in [0.15, 0.2) is 55.1 Å². The molecule has 29 heavy (non-hydrogen) atoms. The van der Waals surface area contributed by atoms with Crippen molar-refractivity contribution in [3.63, 3.8) is 0 Å². The second-order valence-electron chi connectivity index (χ2n) is 6.16. The van der Waals surface area contributed by atoms with Crippen LogP contribution >= 0.6 is 11.6 Å². The van der Waals surface area contributed by atoms with Crippen LogP contribution in [0.4, 0.5) is 11.4 Å². The number of ether oxygens (including phenoxy) is 2. The molecule has 2 aromatic rings. The number of carbonyl (C=O) groups is 1. The molecule has 0 aliphatic heterocycles. The summed E-state index contributed by atoms with van der Waals surface area (Å²) in [5.41, 5.74) is 0.678. The van der Waals surface area contributed by atoms with Gasteiger partial charge in [0.05, 0.1) is 19.1 Å². The van der Waals surface area contributed by atoms with Gasteiger partial charge in [0.2, 0.25) is 15.9 Å². The molecule has 1 atom stereocenters. The van der Waals surface area contributed by atoms with Gasteiger partial charge >= 0.3 is 0 Å². The Hall–Kier alpha value is -2.71. The minimum atomic E-state index is -3.82. The van der Waals surface area contributed by atoms with E-state index in [1.54, 1.807) is 42.5 Å². The Morgan fingerprint density at radius 2 is 1.93 bits per heavy atom. The van der Waals surface area contributed by atoms with E-state index in [0.717, 1.165) is 10.6 Å². The van der Waals surface area contributed by atoms with E-state index in [0.29, 0.717) is 23.1 Å². The fourth-order valence-electron chi connectivity index (χ4n) is 2.65. The van der Waals surface area contributed by atoms with Gasteiger partial charge in [0.15, 0.2) is 0 Å². The number of nitrogens with zero attached hydrogens (tertiary/aromatic N) is 1. The van der Waals surface area contributed by atoms with Crippen molar-refractivity contribution in [1.82, 2.24) is 0 Å². The summed E-state index contributed by atoms with van der Waals surface area (Å²) in [7, 11) is -2.41. The lowest BCUT2D eigenvalue weighted by molar-refractivity contribution is -0.116. The van der Waals surface area contributed by atoms with E-state index >= 15 is 0 Å². The zero-order chi connectivity index (χ0) is 21.6. The highest BCUT2D eigenvalue weighted by atomic mass is 35.5. The van der Waals surface area contributed by atoms with Crippen molar-refractivity contribution in [2.45, 2.75) is 13.0 Å². The summed E-state index contributed by atoms with van der Waals surface area (Å²) in [6, 6.07) is 10.2. The lowest BCUT2D eigenvalue weighted by Gasteiger charge is -2.29. The number of hydrogen-bond donors (Lipinski definition) is 1. The van der Waals surface area contributed by atoms with Crippen LogP contribution in [0, 0.1) is 0 Å². The average Bonchev–Trinajstić information content (AvgIpc) is 2.66. The summed E-state index contributed by atoms with van der Waals surface area (Å²) in [5.74, 6) is 0.387. The third-order valence-electron chi connectivity index (χ3n) is 3.96. The number of amides is 1. The smallest absolute Gasteiger partial charge is 0.247 e. The largest absolute Gasteiger partial charge is 0.495 e. The first-order chi connectivity index (χ1) is 13.7. The highest BCUT2D eigenvalue weighted by molar-refractivity contribution is 7.92. The quantitative estimate of drug-likeness (QED) is 0.603. The van der Waals surface area contributed by atoms with Crippen LogP contribution < -0.4 is 19.1 Å². The van der Waals surface area contributed by atoms with Crippen LogP contribution in [0.25, 0.3) is 0 Å². The van der Waals surface area contributed by atoms with E-state index in [2.05, 4.69) is 11.9 Å². The van der Waals surface area contributed by atoms with Crippen LogP contribution in [-0.2, 0) is 14.8 Å². The van der Waals surface area contributed by atoms with Gasteiger partial charge in [-0.2, -0.15) is 0 Å². The van der Waals surface area contributed by atoms with Gasteiger partial charge in [-0.3, -0.25) is 9.10 Å². The molecule has 7 nitrogen and oxygen atoms in total. The SMILES string of the molecule is C=CCOc1ccc(NC(=O)C(C)N(c2cc(Cl)ccc2OC)S(C)(=O)=O)cc1. The van der Waals surface area contributed by atoms with Gasteiger partial charge in [-0.25, -0.2) is 8.42 Å². The Labute approximate surface area is 175 Å². The molecule has 0 saturated heterocycles. The van der Waals surface area contributed by atoms with Crippen LogP contribution in [0.2, 0.25) is 5.02 Å². The molecule has 1 N–H and O–H groups in total. The molecule has 9 heteroatoms. The predicted molar refractivity (Wildman–Crippen MR) is 116 cm³/mol. The second kappa shape index (κ2) is 9.67.